The number of benzene rings is 6. The van der Waals surface area contributed by atoms with Gasteiger partial charge < -0.3 is 5.43 Å². The van der Waals surface area contributed by atoms with Crippen LogP contribution in [-0.2, 0) is 5.54 Å². The molecule has 0 atom stereocenters. The summed E-state index contributed by atoms with van der Waals surface area (Å²) in [5.41, 5.74) is 14.5. The zero-order chi connectivity index (χ0) is 31.2. The van der Waals surface area contributed by atoms with Crippen molar-refractivity contribution in [3.63, 3.8) is 0 Å². The van der Waals surface area contributed by atoms with Gasteiger partial charge in [-0.25, -0.2) is 5.84 Å². The molecule has 0 aliphatic carbocycles. The van der Waals surface area contributed by atoms with Crippen molar-refractivity contribution in [3.8, 4) is 33.4 Å². The quantitative estimate of drug-likeness (QED) is 0.0811. The SMILES string of the molecule is C=Cc1cc(-c2ccc(-c3ccccc3)cc2)ccc1-c1cccc(C(=NC(C)(c2ccccc2)c2ccccc2)NN)c1C. The molecule has 0 aliphatic heterocycles. The maximum atomic E-state index is 6.22. The Kier molecular flexibility index (Phi) is 8.54. The van der Waals surface area contributed by atoms with E-state index in [0.29, 0.717) is 5.84 Å². The molecule has 0 saturated heterocycles. The normalized spacial score (nSPS) is 11.7. The number of nitrogens with zero attached hydrogens (tertiary/aromatic N) is 1. The van der Waals surface area contributed by atoms with Crippen LogP contribution in [0.4, 0.5) is 0 Å². The fourth-order valence-electron chi connectivity index (χ4n) is 6.04. The van der Waals surface area contributed by atoms with Crippen molar-refractivity contribution in [2.45, 2.75) is 19.4 Å². The van der Waals surface area contributed by atoms with Crippen molar-refractivity contribution in [1.82, 2.24) is 5.43 Å². The van der Waals surface area contributed by atoms with Gasteiger partial charge in [0.2, 0.25) is 0 Å². The number of amidine groups is 1. The molecule has 0 unspecified atom stereocenters. The van der Waals surface area contributed by atoms with Crippen LogP contribution < -0.4 is 11.3 Å². The molecular formula is C42H37N3. The monoisotopic (exact) mass is 583 g/mol. The van der Waals surface area contributed by atoms with E-state index in [1.54, 1.807) is 0 Å². The van der Waals surface area contributed by atoms with Crippen LogP contribution in [0.2, 0.25) is 0 Å². The Morgan fingerprint density at radius 2 is 1.13 bits per heavy atom. The van der Waals surface area contributed by atoms with E-state index in [1.807, 2.05) is 48.5 Å². The molecule has 0 saturated carbocycles. The third kappa shape index (κ3) is 5.99. The van der Waals surface area contributed by atoms with E-state index in [0.717, 1.165) is 50.1 Å². The van der Waals surface area contributed by atoms with Gasteiger partial charge in [-0.2, -0.15) is 0 Å². The molecule has 0 heterocycles. The topological polar surface area (TPSA) is 50.4 Å². The van der Waals surface area contributed by atoms with Gasteiger partial charge in [0.05, 0.1) is 0 Å². The Hall–Kier alpha value is -5.51. The Morgan fingerprint density at radius 1 is 0.622 bits per heavy atom. The summed E-state index contributed by atoms with van der Waals surface area (Å²) in [5.74, 6) is 6.84. The molecule has 3 N–H and O–H groups in total. The number of nitrogens with one attached hydrogen (secondary N) is 1. The van der Waals surface area contributed by atoms with Gasteiger partial charge in [0.1, 0.15) is 11.4 Å². The van der Waals surface area contributed by atoms with E-state index in [2.05, 4.69) is 135 Å². The van der Waals surface area contributed by atoms with Gasteiger partial charge in [0.25, 0.3) is 0 Å². The lowest BCUT2D eigenvalue weighted by Gasteiger charge is -2.28. The van der Waals surface area contributed by atoms with Crippen molar-refractivity contribution in [2.24, 2.45) is 10.8 Å². The van der Waals surface area contributed by atoms with Crippen LogP contribution in [0, 0.1) is 6.92 Å². The standard InChI is InChI=1S/C42H37N3/c1-4-31-29-35(34-25-23-33(24-26-34)32-15-8-5-9-16-32)27-28-40(31)38-21-14-22-39(30(38)2)41(45-43)44-42(3,36-17-10-6-11-18-36)37-19-12-7-13-20-37/h4-29H,1,43H2,2-3H3,(H,44,45). The van der Waals surface area contributed by atoms with Gasteiger partial charge in [-0.05, 0) is 75.5 Å². The minimum Gasteiger partial charge on any atom is -0.308 e. The van der Waals surface area contributed by atoms with Gasteiger partial charge in [-0.3, -0.25) is 4.99 Å². The largest absolute Gasteiger partial charge is 0.308 e. The van der Waals surface area contributed by atoms with Crippen LogP contribution in [0.1, 0.15) is 34.7 Å². The predicted molar refractivity (Wildman–Crippen MR) is 191 cm³/mol. The summed E-state index contributed by atoms with van der Waals surface area (Å²) >= 11 is 0. The van der Waals surface area contributed by atoms with Crippen LogP contribution >= 0.6 is 0 Å². The van der Waals surface area contributed by atoms with Crippen LogP contribution in [0.15, 0.2) is 163 Å². The first-order valence-electron chi connectivity index (χ1n) is 15.2. The molecule has 0 aliphatic rings. The molecule has 6 rings (SSSR count). The summed E-state index contributed by atoms with van der Waals surface area (Å²) in [4.78, 5) is 5.32. The lowest BCUT2D eigenvalue weighted by molar-refractivity contribution is 0.602. The average molecular weight is 584 g/mol. The lowest BCUT2D eigenvalue weighted by Crippen LogP contribution is -2.35. The molecule has 0 fully saturated rings. The third-order valence-corrected chi connectivity index (χ3v) is 8.62. The zero-order valence-electron chi connectivity index (χ0n) is 25.7. The highest BCUT2D eigenvalue weighted by Crippen LogP contribution is 2.36. The van der Waals surface area contributed by atoms with Gasteiger partial charge in [-0.1, -0.05) is 158 Å². The second-order valence-electron chi connectivity index (χ2n) is 11.3. The zero-order valence-corrected chi connectivity index (χ0v) is 25.7. The van der Waals surface area contributed by atoms with Gasteiger partial charge in [-0.15, -0.1) is 0 Å². The van der Waals surface area contributed by atoms with E-state index in [4.69, 9.17) is 10.8 Å². The Labute approximate surface area is 266 Å². The first-order chi connectivity index (χ1) is 22.0. The molecule has 0 radical (unpaired) electrons. The number of hydrogen-bond donors (Lipinski definition) is 2. The molecule has 0 amide bonds. The average Bonchev–Trinajstić information content (AvgIpc) is 3.12. The molecule has 0 aromatic heterocycles. The smallest absolute Gasteiger partial charge is 0.144 e. The summed E-state index contributed by atoms with van der Waals surface area (Å²) in [6.07, 6.45) is 1.93. The van der Waals surface area contributed by atoms with Gasteiger partial charge in [0.15, 0.2) is 0 Å². The van der Waals surface area contributed by atoms with Crippen LogP contribution in [0.3, 0.4) is 0 Å². The molecular weight excluding hydrogens is 546 g/mol. The number of rotatable bonds is 8. The number of hydrogen-bond acceptors (Lipinski definition) is 2. The van der Waals surface area contributed by atoms with E-state index in [9.17, 15) is 0 Å². The molecule has 45 heavy (non-hydrogen) atoms. The molecule has 6 aromatic carbocycles. The summed E-state index contributed by atoms with van der Waals surface area (Å²) in [6, 6.07) is 52.7. The molecule has 6 aromatic rings. The highest BCUT2D eigenvalue weighted by molar-refractivity contribution is 6.02. The maximum Gasteiger partial charge on any atom is 0.144 e. The maximum absolute atomic E-state index is 6.22. The van der Waals surface area contributed by atoms with E-state index >= 15 is 0 Å². The van der Waals surface area contributed by atoms with E-state index < -0.39 is 5.54 Å². The highest BCUT2D eigenvalue weighted by Gasteiger charge is 2.29. The van der Waals surface area contributed by atoms with Crippen molar-refractivity contribution >= 4 is 11.9 Å². The number of hydrazine groups is 1. The first-order valence-corrected chi connectivity index (χ1v) is 15.2. The van der Waals surface area contributed by atoms with Crippen molar-refractivity contribution in [1.29, 1.82) is 0 Å². The summed E-state index contributed by atoms with van der Waals surface area (Å²) in [6.45, 7) is 8.43. The van der Waals surface area contributed by atoms with E-state index in [1.165, 1.54) is 11.1 Å². The van der Waals surface area contributed by atoms with Crippen molar-refractivity contribution in [2.75, 3.05) is 0 Å². The second kappa shape index (κ2) is 13.0. The number of aliphatic imine (C=N–C) groups is 1. The Bertz CT molecular complexity index is 1900. The molecule has 0 bridgehead atoms. The minimum absolute atomic E-state index is 0.625. The minimum atomic E-state index is -0.656. The fourth-order valence-corrected chi connectivity index (χ4v) is 6.04. The van der Waals surface area contributed by atoms with Gasteiger partial charge >= 0.3 is 0 Å². The lowest BCUT2D eigenvalue weighted by atomic mass is 9.85. The summed E-state index contributed by atoms with van der Waals surface area (Å²) in [5, 5.41) is 0. The molecule has 3 nitrogen and oxygen atoms in total. The van der Waals surface area contributed by atoms with Gasteiger partial charge in [0, 0.05) is 5.56 Å². The number of nitrogens with two attached hydrogens (primary N) is 1. The predicted octanol–water partition coefficient (Wildman–Crippen LogP) is 9.81. The first kappa shape index (κ1) is 29.6. The van der Waals surface area contributed by atoms with Crippen molar-refractivity contribution < 1.29 is 0 Å². The van der Waals surface area contributed by atoms with Crippen molar-refractivity contribution in [3.05, 3.63) is 186 Å². The fraction of sp³-hybridized carbons (Fsp3) is 0.0714. The van der Waals surface area contributed by atoms with Crippen LogP contribution in [0.25, 0.3) is 39.5 Å². The Balaban J connectivity index is 1.39. The molecule has 0 spiro atoms. The highest BCUT2D eigenvalue weighted by atomic mass is 15.3. The van der Waals surface area contributed by atoms with Crippen LogP contribution in [-0.4, -0.2) is 5.84 Å². The summed E-state index contributed by atoms with van der Waals surface area (Å²) < 4.78 is 0. The second-order valence-corrected chi connectivity index (χ2v) is 11.3. The molecule has 3 heteroatoms. The molecule has 220 valence electrons. The van der Waals surface area contributed by atoms with E-state index in [-0.39, 0.29) is 0 Å². The Morgan fingerprint density at radius 3 is 1.69 bits per heavy atom. The third-order valence-electron chi connectivity index (χ3n) is 8.62. The van der Waals surface area contributed by atoms with Crippen LogP contribution in [0.5, 0.6) is 0 Å². The summed E-state index contributed by atoms with van der Waals surface area (Å²) in [7, 11) is 0.